The summed E-state index contributed by atoms with van der Waals surface area (Å²) < 4.78 is 0. The van der Waals surface area contributed by atoms with Crippen molar-refractivity contribution in [1.82, 2.24) is 0 Å². The molecule has 0 aliphatic carbocycles. The Hall–Kier alpha value is 1.61. The molecule has 0 saturated carbocycles. The van der Waals surface area contributed by atoms with E-state index in [-0.39, 0.29) is 0 Å². The van der Waals surface area contributed by atoms with Gasteiger partial charge in [0, 0.05) is 0 Å². The summed E-state index contributed by atoms with van der Waals surface area (Å²) in [6.07, 6.45) is 2.84. The average molecular weight is 309 g/mol. The van der Waals surface area contributed by atoms with E-state index in [1.54, 1.807) is 9.62 Å². The molecular weight excluding hydrogens is 295 g/mol. The first kappa shape index (κ1) is 16.1. The second kappa shape index (κ2) is 10.7. The van der Waals surface area contributed by atoms with Crippen LogP contribution in [-0.2, 0) is 42.6 Å². The SMILES string of the molecule is CC[CH2][Mo+3][CH2]CC.[O-]P([O-])(=S)[S-]. The maximum Gasteiger partial charge on any atom is -0.160 e. The molecule has 6 heteroatoms. The van der Waals surface area contributed by atoms with Crippen LogP contribution in [0.25, 0.3) is 0 Å². The number of hydrogen-bond acceptors (Lipinski definition) is 4. The fourth-order valence-electron chi connectivity index (χ4n) is 0.391. The van der Waals surface area contributed by atoms with Crippen LogP contribution in [-0.4, -0.2) is 0 Å². The van der Waals surface area contributed by atoms with Gasteiger partial charge in [0.25, 0.3) is 0 Å². The third-order valence-electron chi connectivity index (χ3n) is 0.697. The summed E-state index contributed by atoms with van der Waals surface area (Å²) in [4.78, 5) is 21.7. The predicted octanol–water partition coefficient (Wildman–Crippen LogP) is 1.20. The van der Waals surface area contributed by atoms with Crippen LogP contribution in [0.4, 0.5) is 0 Å². The maximum absolute atomic E-state index is 9.29. The van der Waals surface area contributed by atoms with Gasteiger partial charge in [-0.25, -0.2) is 0 Å². The molecule has 0 aliphatic rings. The molecule has 73 valence electrons. The third kappa shape index (κ3) is 41.5. The zero-order valence-electron chi connectivity index (χ0n) is 7.32. The quantitative estimate of drug-likeness (QED) is 0.339. The Morgan fingerprint density at radius 1 is 1.25 bits per heavy atom. The Morgan fingerprint density at radius 2 is 1.50 bits per heavy atom. The second-order valence-corrected chi connectivity index (χ2v) is 9.54. The first-order valence-corrected chi connectivity index (χ1v) is 10.2. The van der Waals surface area contributed by atoms with E-state index in [0.29, 0.717) is 18.6 Å². The fraction of sp³-hybridized carbons (Fsp3) is 1.00. The molecule has 0 aromatic rings. The normalized spacial score (nSPS) is 9.75. The van der Waals surface area contributed by atoms with Crippen LogP contribution >= 0.6 is 5.69 Å². The smallest absolute Gasteiger partial charge is 0.160 e. The maximum atomic E-state index is 9.29. The Bertz CT molecular complexity index is 116. The topological polar surface area (TPSA) is 46.1 Å². The Labute approximate surface area is 94.0 Å². The van der Waals surface area contributed by atoms with Crippen LogP contribution in [0.5, 0.6) is 0 Å². The van der Waals surface area contributed by atoms with Gasteiger partial charge in [-0.05, 0) is 0 Å². The van der Waals surface area contributed by atoms with Gasteiger partial charge in [0.2, 0.25) is 0 Å². The van der Waals surface area contributed by atoms with Crippen molar-refractivity contribution in [3.63, 3.8) is 0 Å². The van der Waals surface area contributed by atoms with Crippen LogP contribution in [0.15, 0.2) is 0 Å². The van der Waals surface area contributed by atoms with Gasteiger partial charge in [-0.15, -0.1) is 0 Å². The van der Waals surface area contributed by atoms with E-state index in [4.69, 9.17) is 0 Å². The van der Waals surface area contributed by atoms with Crippen LogP contribution in [0.2, 0.25) is 9.62 Å². The van der Waals surface area contributed by atoms with E-state index in [1.807, 2.05) is 0 Å². The van der Waals surface area contributed by atoms with Gasteiger partial charge >= 0.3 is 54.9 Å². The van der Waals surface area contributed by atoms with Crippen molar-refractivity contribution in [1.29, 1.82) is 0 Å². The van der Waals surface area contributed by atoms with Crippen LogP contribution in [0.3, 0.4) is 0 Å². The minimum Gasteiger partial charge on any atom is -0.850 e. The molecule has 0 N–H and O–H groups in total. The summed E-state index contributed by atoms with van der Waals surface area (Å²) in [6, 6.07) is 0. The van der Waals surface area contributed by atoms with E-state index < -0.39 is 5.69 Å². The third-order valence-corrected chi connectivity index (χ3v) is 4.12. The summed E-state index contributed by atoms with van der Waals surface area (Å²) >= 11 is 7.76. The van der Waals surface area contributed by atoms with E-state index in [0.717, 1.165) is 0 Å². The summed E-state index contributed by atoms with van der Waals surface area (Å²) in [5.41, 5.74) is -3.72. The number of rotatable bonds is 4. The summed E-state index contributed by atoms with van der Waals surface area (Å²) in [7, 11) is 0. The second-order valence-electron chi connectivity index (χ2n) is 2.06. The van der Waals surface area contributed by atoms with E-state index in [1.165, 1.54) is 12.8 Å². The van der Waals surface area contributed by atoms with Crippen LogP contribution in [0, 0.1) is 0 Å². The van der Waals surface area contributed by atoms with Gasteiger partial charge in [0.15, 0.2) is 0 Å². The molecule has 0 fully saturated rings. The van der Waals surface area contributed by atoms with Gasteiger partial charge in [0.05, 0.1) is 0 Å². The molecule has 0 aromatic heterocycles. The fourth-order valence-corrected chi connectivity index (χ4v) is 2.31. The predicted molar refractivity (Wildman–Crippen MR) is 51.8 cm³/mol. The Kier molecular flexibility index (Phi) is 14.3. The standard InChI is InChI=1S/2C3H7.Mo.H3O2PS2/c2*1-3-2;;1-3(2,4)5/h2*1,3H2,2H3;;(H3,1,2,4,5)/q;;+3;/p-3. The molecule has 12 heavy (non-hydrogen) atoms. The summed E-state index contributed by atoms with van der Waals surface area (Å²) in [6.45, 7) is 4.56. The zero-order valence-corrected chi connectivity index (χ0v) is 11.9. The number of hydrogen-bond donors (Lipinski definition) is 0. The molecule has 0 amide bonds. The van der Waals surface area contributed by atoms with Crippen molar-refractivity contribution in [2.45, 2.75) is 36.3 Å². The summed E-state index contributed by atoms with van der Waals surface area (Å²) in [5.74, 6) is 0. The van der Waals surface area contributed by atoms with E-state index in [9.17, 15) is 9.79 Å². The van der Waals surface area contributed by atoms with E-state index in [2.05, 4.69) is 37.9 Å². The van der Waals surface area contributed by atoms with Gasteiger partial charge in [-0.2, -0.15) is 11.8 Å². The molecule has 0 spiro atoms. The largest absolute Gasteiger partial charge is 0.850 e. The Balaban J connectivity index is 0. The van der Waals surface area contributed by atoms with E-state index >= 15 is 0 Å². The van der Waals surface area contributed by atoms with Gasteiger partial charge < -0.3 is 27.7 Å². The molecule has 0 bridgehead atoms. The molecule has 0 aliphatic heterocycles. The van der Waals surface area contributed by atoms with Crippen LogP contribution in [0.1, 0.15) is 26.7 Å². The molecule has 0 rings (SSSR count). The molecule has 0 aromatic carbocycles. The van der Waals surface area contributed by atoms with Crippen molar-refractivity contribution < 1.29 is 28.3 Å². The Morgan fingerprint density at radius 3 is 1.67 bits per heavy atom. The molecule has 2 nitrogen and oxygen atoms in total. The molecule has 0 heterocycles. The molecule has 0 atom stereocenters. The first-order valence-electron chi connectivity index (χ1n) is 3.72. The molecule has 0 saturated heterocycles. The molecule has 0 unspecified atom stereocenters. The first-order chi connectivity index (χ1) is 5.41. The zero-order chi connectivity index (χ0) is 10.0. The molecule has 0 radical (unpaired) electrons. The summed E-state index contributed by atoms with van der Waals surface area (Å²) in [5, 5.41) is 0. The van der Waals surface area contributed by atoms with Gasteiger partial charge in [-0.3, -0.25) is 0 Å². The monoisotopic (exact) mass is 311 g/mol. The van der Waals surface area contributed by atoms with Crippen molar-refractivity contribution in [2.24, 2.45) is 0 Å². The van der Waals surface area contributed by atoms with Crippen molar-refractivity contribution in [2.75, 3.05) is 0 Å². The average Bonchev–Trinajstić information content (AvgIpc) is 1.85. The van der Waals surface area contributed by atoms with Gasteiger partial charge in [0.1, 0.15) is 0 Å². The molecular formula is C6H14MoO2PS2. The van der Waals surface area contributed by atoms with Crippen LogP contribution < -0.4 is 9.79 Å². The minimum atomic E-state index is -3.72. The van der Waals surface area contributed by atoms with Crippen molar-refractivity contribution in [3.8, 4) is 0 Å². The van der Waals surface area contributed by atoms with Gasteiger partial charge in [-0.1, -0.05) is 0 Å². The minimum absolute atomic E-state index is 0.477. The van der Waals surface area contributed by atoms with Crippen molar-refractivity contribution >= 4 is 29.7 Å². The van der Waals surface area contributed by atoms with Crippen molar-refractivity contribution in [3.05, 3.63) is 0 Å².